The molecule has 1 saturated heterocycles. The Morgan fingerprint density at radius 3 is 2.32 bits per heavy atom. The van der Waals surface area contributed by atoms with Gasteiger partial charge in [-0.3, -0.25) is 9.20 Å². The molecule has 3 heterocycles. The number of thiazole rings is 1. The molecule has 0 spiro atoms. The van der Waals surface area contributed by atoms with E-state index >= 15 is 0 Å². The summed E-state index contributed by atoms with van der Waals surface area (Å²) in [7, 11) is 0. The molecule has 1 N–H and O–H groups in total. The van der Waals surface area contributed by atoms with Gasteiger partial charge in [0.15, 0.2) is 4.96 Å². The molecule has 0 bridgehead atoms. The minimum Gasteiger partial charge on any atom is -0.371 e. The van der Waals surface area contributed by atoms with Crippen LogP contribution < -0.4 is 10.2 Å². The van der Waals surface area contributed by atoms with Crippen LogP contribution in [0, 0.1) is 18.8 Å². The average molecular weight is 487 g/mol. The molecule has 2 unspecified atom stereocenters. The highest BCUT2D eigenvalue weighted by Crippen LogP contribution is 2.41. The number of carbonyl (C=O) groups excluding carboxylic acids is 1. The molecule has 2 aliphatic rings. The Morgan fingerprint density at radius 1 is 1.12 bits per heavy atom. The van der Waals surface area contributed by atoms with Gasteiger partial charge >= 0.3 is 0 Å². The number of fused-ring (bicyclic) bond motifs is 2. The second-order valence-electron chi connectivity index (χ2n) is 8.60. The van der Waals surface area contributed by atoms with Crippen molar-refractivity contribution in [3.63, 3.8) is 0 Å². The van der Waals surface area contributed by atoms with E-state index in [4.69, 9.17) is 0 Å². The third kappa shape index (κ3) is 5.45. The Morgan fingerprint density at radius 2 is 1.74 bits per heavy atom. The number of alkyl halides is 1. The minimum atomic E-state index is -0.601. The first-order valence-electron chi connectivity index (χ1n) is 12.7. The van der Waals surface area contributed by atoms with Gasteiger partial charge in [-0.2, -0.15) is 0 Å². The zero-order valence-corrected chi connectivity index (χ0v) is 22.2. The van der Waals surface area contributed by atoms with Crippen molar-refractivity contribution in [1.82, 2.24) is 14.7 Å². The van der Waals surface area contributed by atoms with E-state index in [2.05, 4.69) is 39.5 Å². The van der Waals surface area contributed by atoms with Gasteiger partial charge in [0.1, 0.15) is 11.9 Å². The largest absolute Gasteiger partial charge is 0.371 e. The normalized spacial score (nSPS) is 20.9. The van der Waals surface area contributed by atoms with Crippen LogP contribution in [0.1, 0.15) is 74.1 Å². The van der Waals surface area contributed by atoms with Crippen molar-refractivity contribution in [2.45, 2.75) is 73.5 Å². The van der Waals surface area contributed by atoms with E-state index < -0.39 is 6.17 Å². The molecule has 186 valence electrons. The first-order valence-corrected chi connectivity index (χ1v) is 13.6. The fraction of sp³-hybridized carbons (Fsp3) is 0.556. The predicted octanol–water partition coefficient (Wildman–Crippen LogP) is 6.43. The van der Waals surface area contributed by atoms with Crippen LogP contribution in [0.5, 0.6) is 0 Å². The molecule has 7 heteroatoms. The lowest BCUT2D eigenvalue weighted by Gasteiger charge is -2.20. The summed E-state index contributed by atoms with van der Waals surface area (Å²) in [5.41, 5.74) is 3.73. The van der Waals surface area contributed by atoms with Crippen molar-refractivity contribution < 1.29 is 9.18 Å². The van der Waals surface area contributed by atoms with Gasteiger partial charge in [-0.15, -0.1) is 11.3 Å². The Balaban J connectivity index is 0.000000771. The number of nitrogens with zero attached hydrogens (tertiary/aromatic N) is 3. The number of benzene rings is 1. The second kappa shape index (κ2) is 11.8. The third-order valence-corrected chi connectivity index (χ3v) is 7.41. The van der Waals surface area contributed by atoms with Gasteiger partial charge in [-0.25, -0.2) is 9.37 Å². The SMILES string of the molecule is CC.CC.CCc1nc2sc(C)cn2c1C(=O)NCc1ccc(N2CC3CC(F)CC3C2)cc1. The fourth-order valence-electron chi connectivity index (χ4n) is 5.02. The molecule has 0 radical (unpaired) electrons. The highest BCUT2D eigenvalue weighted by Gasteiger charge is 2.41. The highest BCUT2D eigenvalue weighted by molar-refractivity contribution is 7.17. The average Bonchev–Trinajstić information content (AvgIpc) is 3.59. The molecule has 1 aromatic carbocycles. The van der Waals surface area contributed by atoms with Crippen molar-refractivity contribution in [2.24, 2.45) is 11.8 Å². The van der Waals surface area contributed by atoms with Crippen LogP contribution in [-0.4, -0.2) is 34.6 Å². The highest BCUT2D eigenvalue weighted by atomic mass is 32.1. The van der Waals surface area contributed by atoms with Gasteiger partial charge in [0.2, 0.25) is 0 Å². The fourth-order valence-corrected chi connectivity index (χ4v) is 5.86. The number of rotatable bonds is 5. The van der Waals surface area contributed by atoms with Crippen molar-refractivity contribution >= 4 is 27.9 Å². The van der Waals surface area contributed by atoms with Crippen LogP contribution in [0.25, 0.3) is 4.96 Å². The number of amides is 1. The number of aryl methyl sites for hydroxylation is 2. The Bertz CT molecular complexity index is 1060. The molecule has 2 atom stereocenters. The summed E-state index contributed by atoms with van der Waals surface area (Å²) in [6, 6.07) is 8.38. The van der Waals surface area contributed by atoms with Crippen molar-refractivity contribution in [2.75, 3.05) is 18.0 Å². The first kappa shape index (κ1) is 26.2. The number of aromatic nitrogens is 2. The maximum absolute atomic E-state index is 13.6. The molecule has 2 fully saturated rings. The van der Waals surface area contributed by atoms with Gasteiger partial charge in [0, 0.05) is 36.4 Å². The van der Waals surface area contributed by atoms with E-state index in [9.17, 15) is 9.18 Å². The van der Waals surface area contributed by atoms with Crippen molar-refractivity contribution in [1.29, 1.82) is 0 Å². The lowest BCUT2D eigenvalue weighted by molar-refractivity contribution is 0.0944. The number of hydrogen-bond acceptors (Lipinski definition) is 4. The standard InChI is InChI=1S/C23H27FN4OS.2C2H6/c1-3-20-21(28-11-14(2)30-23(28)26-20)22(29)25-10-15-4-6-19(7-5-15)27-12-16-8-18(24)9-17(16)13-27;2*1-2/h4-7,11,16-18H,3,8-10,12-13H2,1-2H3,(H,25,29);2*1-2H3. The van der Waals surface area contributed by atoms with Gasteiger partial charge < -0.3 is 10.2 Å². The molecule has 2 aromatic heterocycles. The first-order chi connectivity index (χ1) is 16.5. The smallest absolute Gasteiger partial charge is 0.270 e. The van der Waals surface area contributed by atoms with Gasteiger partial charge in [-0.05, 0) is 55.7 Å². The van der Waals surface area contributed by atoms with E-state index in [0.29, 0.717) is 24.1 Å². The van der Waals surface area contributed by atoms with Crippen LogP contribution in [0.4, 0.5) is 10.1 Å². The lowest BCUT2D eigenvalue weighted by Crippen LogP contribution is -2.25. The Hall–Kier alpha value is -2.41. The lowest BCUT2D eigenvalue weighted by atomic mass is 10.0. The van der Waals surface area contributed by atoms with E-state index in [-0.39, 0.29) is 5.91 Å². The number of carbonyl (C=O) groups is 1. The molecular formula is C27H39FN4OS. The molecule has 1 saturated carbocycles. The molecule has 1 aliphatic heterocycles. The zero-order valence-electron chi connectivity index (χ0n) is 21.4. The van der Waals surface area contributed by atoms with Crippen LogP contribution in [0.15, 0.2) is 30.5 Å². The van der Waals surface area contributed by atoms with Crippen LogP contribution in [0.2, 0.25) is 0 Å². The summed E-state index contributed by atoms with van der Waals surface area (Å²) >= 11 is 1.60. The summed E-state index contributed by atoms with van der Waals surface area (Å²) in [6.45, 7) is 14.4. The Labute approximate surface area is 207 Å². The Kier molecular flexibility index (Phi) is 9.11. The number of hydrogen-bond donors (Lipinski definition) is 1. The number of nitrogens with one attached hydrogen (secondary N) is 1. The van der Waals surface area contributed by atoms with Crippen molar-refractivity contribution in [3.8, 4) is 0 Å². The third-order valence-electron chi connectivity index (χ3n) is 6.51. The van der Waals surface area contributed by atoms with E-state index in [1.807, 2.05) is 52.1 Å². The molecule has 5 rings (SSSR count). The second-order valence-corrected chi connectivity index (χ2v) is 9.81. The summed E-state index contributed by atoms with van der Waals surface area (Å²) in [6.07, 6.45) is 3.54. The van der Waals surface area contributed by atoms with Gasteiger partial charge in [0.25, 0.3) is 5.91 Å². The molecule has 1 aliphatic carbocycles. The molecule has 3 aromatic rings. The maximum atomic E-state index is 13.6. The van der Waals surface area contributed by atoms with E-state index in [1.54, 1.807) is 11.3 Å². The molecule has 5 nitrogen and oxygen atoms in total. The zero-order chi connectivity index (χ0) is 24.8. The van der Waals surface area contributed by atoms with Crippen LogP contribution >= 0.6 is 11.3 Å². The molecule has 1 amide bonds. The van der Waals surface area contributed by atoms with Crippen LogP contribution in [-0.2, 0) is 13.0 Å². The monoisotopic (exact) mass is 486 g/mol. The van der Waals surface area contributed by atoms with Gasteiger partial charge in [0.05, 0.1) is 5.69 Å². The van der Waals surface area contributed by atoms with Crippen LogP contribution in [0.3, 0.4) is 0 Å². The number of imidazole rings is 1. The summed E-state index contributed by atoms with van der Waals surface area (Å²) in [5.74, 6) is 0.911. The van der Waals surface area contributed by atoms with Gasteiger partial charge in [-0.1, -0.05) is 46.8 Å². The number of anilines is 1. The summed E-state index contributed by atoms with van der Waals surface area (Å²) < 4.78 is 15.5. The predicted molar refractivity (Wildman–Crippen MR) is 141 cm³/mol. The quantitative estimate of drug-likeness (QED) is 0.452. The summed E-state index contributed by atoms with van der Waals surface area (Å²) in [5, 5.41) is 3.05. The maximum Gasteiger partial charge on any atom is 0.270 e. The minimum absolute atomic E-state index is 0.0885. The van der Waals surface area contributed by atoms with E-state index in [0.717, 1.165) is 53.4 Å². The molecule has 34 heavy (non-hydrogen) atoms. The van der Waals surface area contributed by atoms with E-state index in [1.165, 1.54) is 5.69 Å². The molecular weight excluding hydrogens is 447 g/mol. The number of halogens is 1. The summed E-state index contributed by atoms with van der Waals surface area (Å²) in [4.78, 5) is 21.9. The topological polar surface area (TPSA) is 49.6 Å². The van der Waals surface area contributed by atoms with Crippen molar-refractivity contribution in [3.05, 3.63) is 52.3 Å².